The normalized spacial score (nSPS) is 22.8. The SMILES string of the molecule is COC(=O)NC1=CCCC[C@H]1O. The number of hydrogen-bond acceptors (Lipinski definition) is 3. The molecule has 1 aliphatic carbocycles. The van der Waals surface area contributed by atoms with Crippen LogP contribution in [0.15, 0.2) is 11.8 Å². The van der Waals surface area contributed by atoms with Crippen LogP contribution in [-0.2, 0) is 4.74 Å². The maximum absolute atomic E-state index is 10.7. The highest BCUT2D eigenvalue weighted by atomic mass is 16.5. The van der Waals surface area contributed by atoms with E-state index in [-0.39, 0.29) is 0 Å². The lowest BCUT2D eigenvalue weighted by atomic mass is 10.0. The molecule has 12 heavy (non-hydrogen) atoms. The average Bonchev–Trinajstić information content (AvgIpc) is 2.09. The van der Waals surface area contributed by atoms with Crippen molar-refractivity contribution in [1.29, 1.82) is 0 Å². The number of aliphatic hydroxyl groups excluding tert-OH is 1. The van der Waals surface area contributed by atoms with Gasteiger partial charge in [0.25, 0.3) is 0 Å². The van der Waals surface area contributed by atoms with Crippen molar-refractivity contribution in [2.24, 2.45) is 0 Å². The van der Waals surface area contributed by atoms with E-state index in [0.717, 1.165) is 12.8 Å². The second kappa shape index (κ2) is 4.11. The molecule has 0 fully saturated rings. The molecule has 1 atom stereocenters. The van der Waals surface area contributed by atoms with Crippen LogP contribution in [0.1, 0.15) is 19.3 Å². The quantitative estimate of drug-likeness (QED) is 0.612. The predicted octanol–water partition coefficient (Wildman–Crippen LogP) is 0.771. The summed E-state index contributed by atoms with van der Waals surface area (Å²) in [6.45, 7) is 0. The van der Waals surface area contributed by atoms with Gasteiger partial charge >= 0.3 is 6.09 Å². The smallest absolute Gasteiger partial charge is 0.411 e. The number of rotatable bonds is 1. The Morgan fingerprint density at radius 3 is 3.17 bits per heavy atom. The Hall–Kier alpha value is -1.03. The molecule has 0 aliphatic heterocycles. The fourth-order valence-corrected chi connectivity index (χ4v) is 1.16. The molecule has 4 nitrogen and oxygen atoms in total. The van der Waals surface area contributed by atoms with Gasteiger partial charge < -0.3 is 9.84 Å². The molecule has 0 unspecified atom stereocenters. The Morgan fingerprint density at radius 2 is 2.58 bits per heavy atom. The van der Waals surface area contributed by atoms with Crippen LogP contribution in [-0.4, -0.2) is 24.4 Å². The summed E-state index contributed by atoms with van der Waals surface area (Å²) in [4.78, 5) is 10.7. The number of carbonyl (C=O) groups is 1. The van der Waals surface area contributed by atoms with E-state index in [9.17, 15) is 9.90 Å². The minimum absolute atomic E-state index is 0.526. The Morgan fingerprint density at radius 1 is 1.83 bits per heavy atom. The van der Waals surface area contributed by atoms with Crippen molar-refractivity contribution in [3.63, 3.8) is 0 Å². The summed E-state index contributed by atoms with van der Waals surface area (Å²) in [6.07, 6.45) is 3.32. The summed E-state index contributed by atoms with van der Waals surface area (Å²) < 4.78 is 4.40. The van der Waals surface area contributed by atoms with Gasteiger partial charge in [-0.25, -0.2) is 4.79 Å². The van der Waals surface area contributed by atoms with Gasteiger partial charge in [0, 0.05) is 5.70 Å². The molecule has 0 bridgehead atoms. The molecule has 0 radical (unpaired) electrons. The third kappa shape index (κ3) is 2.23. The minimum atomic E-state index is -0.544. The number of allylic oxidation sites excluding steroid dienone is 1. The fourth-order valence-electron chi connectivity index (χ4n) is 1.16. The largest absolute Gasteiger partial charge is 0.453 e. The molecule has 0 saturated heterocycles. The van der Waals surface area contributed by atoms with Crippen molar-refractivity contribution in [2.45, 2.75) is 25.4 Å². The highest BCUT2D eigenvalue weighted by Gasteiger charge is 2.16. The summed E-state index contributed by atoms with van der Waals surface area (Å²) in [5.74, 6) is 0. The van der Waals surface area contributed by atoms with Crippen LogP contribution in [0.3, 0.4) is 0 Å². The van der Waals surface area contributed by atoms with E-state index in [1.807, 2.05) is 6.08 Å². The molecule has 1 aliphatic rings. The van der Waals surface area contributed by atoms with E-state index < -0.39 is 12.2 Å². The summed E-state index contributed by atoms with van der Waals surface area (Å²) in [6, 6.07) is 0. The van der Waals surface area contributed by atoms with Gasteiger partial charge in [-0.1, -0.05) is 6.08 Å². The number of nitrogens with one attached hydrogen (secondary N) is 1. The van der Waals surface area contributed by atoms with Gasteiger partial charge in [0.05, 0.1) is 13.2 Å². The van der Waals surface area contributed by atoms with Gasteiger partial charge in [-0.3, -0.25) is 5.32 Å². The monoisotopic (exact) mass is 171 g/mol. The zero-order valence-electron chi connectivity index (χ0n) is 7.04. The molecular formula is C8H13NO3. The predicted molar refractivity (Wildman–Crippen MR) is 43.5 cm³/mol. The first-order valence-corrected chi connectivity index (χ1v) is 3.97. The first-order chi connectivity index (χ1) is 5.74. The lowest BCUT2D eigenvalue weighted by Crippen LogP contribution is -2.31. The lowest BCUT2D eigenvalue weighted by Gasteiger charge is -2.19. The van der Waals surface area contributed by atoms with Crippen LogP contribution in [0.25, 0.3) is 0 Å². The maximum atomic E-state index is 10.7. The van der Waals surface area contributed by atoms with Crippen LogP contribution in [0, 0.1) is 0 Å². The molecular weight excluding hydrogens is 158 g/mol. The zero-order valence-corrected chi connectivity index (χ0v) is 7.04. The average molecular weight is 171 g/mol. The number of carbonyl (C=O) groups excluding carboxylic acids is 1. The number of alkyl carbamates (subject to hydrolysis) is 1. The van der Waals surface area contributed by atoms with Gasteiger partial charge in [-0.2, -0.15) is 0 Å². The van der Waals surface area contributed by atoms with Gasteiger partial charge in [0.2, 0.25) is 0 Å². The first-order valence-electron chi connectivity index (χ1n) is 3.97. The Bertz CT molecular complexity index is 200. The Labute approximate surface area is 71.2 Å². The molecule has 0 heterocycles. The number of ether oxygens (including phenoxy) is 1. The Kier molecular flexibility index (Phi) is 3.10. The van der Waals surface area contributed by atoms with E-state index >= 15 is 0 Å². The van der Waals surface area contributed by atoms with Crippen LogP contribution >= 0.6 is 0 Å². The summed E-state index contributed by atoms with van der Waals surface area (Å²) in [7, 11) is 1.30. The third-order valence-corrected chi connectivity index (χ3v) is 1.84. The van der Waals surface area contributed by atoms with E-state index in [0.29, 0.717) is 12.1 Å². The Balaban J connectivity index is 2.49. The van der Waals surface area contributed by atoms with Crippen molar-refractivity contribution in [3.05, 3.63) is 11.8 Å². The lowest BCUT2D eigenvalue weighted by molar-refractivity contribution is 0.156. The van der Waals surface area contributed by atoms with Crippen LogP contribution in [0.5, 0.6) is 0 Å². The van der Waals surface area contributed by atoms with Gasteiger partial charge in [0.15, 0.2) is 0 Å². The van der Waals surface area contributed by atoms with E-state index in [4.69, 9.17) is 0 Å². The number of amides is 1. The fraction of sp³-hybridized carbons (Fsp3) is 0.625. The zero-order chi connectivity index (χ0) is 8.97. The summed E-state index contributed by atoms with van der Waals surface area (Å²) in [5.41, 5.74) is 0.563. The summed E-state index contributed by atoms with van der Waals surface area (Å²) >= 11 is 0. The van der Waals surface area contributed by atoms with Crippen molar-refractivity contribution >= 4 is 6.09 Å². The minimum Gasteiger partial charge on any atom is -0.453 e. The van der Waals surface area contributed by atoms with E-state index in [1.165, 1.54) is 7.11 Å². The van der Waals surface area contributed by atoms with E-state index in [1.54, 1.807) is 0 Å². The summed E-state index contributed by atoms with van der Waals surface area (Å²) in [5, 5.41) is 11.8. The second-order valence-electron chi connectivity index (χ2n) is 2.72. The topological polar surface area (TPSA) is 58.6 Å². The molecule has 1 rings (SSSR count). The maximum Gasteiger partial charge on any atom is 0.411 e. The van der Waals surface area contributed by atoms with Gasteiger partial charge in [0.1, 0.15) is 0 Å². The first kappa shape index (κ1) is 9.06. The van der Waals surface area contributed by atoms with Crippen LogP contribution in [0.4, 0.5) is 4.79 Å². The number of methoxy groups -OCH3 is 1. The van der Waals surface area contributed by atoms with Crippen molar-refractivity contribution in [3.8, 4) is 0 Å². The molecule has 0 aromatic carbocycles. The van der Waals surface area contributed by atoms with Crippen molar-refractivity contribution in [2.75, 3.05) is 7.11 Å². The standard InChI is InChI=1S/C8H13NO3/c1-12-8(11)9-6-4-2-3-5-7(6)10/h4,7,10H,2-3,5H2,1H3,(H,9,11)/t7-/m1/s1. The number of hydrogen-bond donors (Lipinski definition) is 2. The molecule has 0 aromatic rings. The van der Waals surface area contributed by atoms with Crippen LogP contribution < -0.4 is 5.32 Å². The second-order valence-corrected chi connectivity index (χ2v) is 2.72. The molecule has 2 N–H and O–H groups in total. The van der Waals surface area contributed by atoms with E-state index in [2.05, 4.69) is 10.1 Å². The third-order valence-electron chi connectivity index (χ3n) is 1.84. The highest BCUT2D eigenvalue weighted by Crippen LogP contribution is 2.15. The molecule has 4 heteroatoms. The van der Waals surface area contributed by atoms with Crippen LogP contribution in [0.2, 0.25) is 0 Å². The highest BCUT2D eigenvalue weighted by molar-refractivity contribution is 5.69. The molecule has 0 aromatic heterocycles. The van der Waals surface area contributed by atoms with Gasteiger partial charge in [-0.15, -0.1) is 0 Å². The molecule has 1 amide bonds. The van der Waals surface area contributed by atoms with Crippen molar-refractivity contribution < 1.29 is 14.6 Å². The number of aliphatic hydroxyl groups is 1. The molecule has 0 saturated carbocycles. The molecule has 68 valence electrons. The van der Waals surface area contributed by atoms with Crippen molar-refractivity contribution in [1.82, 2.24) is 5.32 Å². The molecule has 0 spiro atoms. The van der Waals surface area contributed by atoms with Gasteiger partial charge in [-0.05, 0) is 19.3 Å².